The number of rotatable bonds is 6. The molecule has 6 nitrogen and oxygen atoms in total. The summed E-state index contributed by atoms with van der Waals surface area (Å²) in [6, 6.07) is 15.1. The number of ether oxygens (including phenoxy) is 1. The fraction of sp³-hybridized carbons (Fsp3) is 0.200. The molecule has 0 saturated carbocycles. The molecule has 6 heteroatoms. The van der Waals surface area contributed by atoms with E-state index in [1.54, 1.807) is 7.11 Å². The highest BCUT2D eigenvalue weighted by atomic mass is 16.5. The van der Waals surface area contributed by atoms with Crippen LogP contribution in [-0.4, -0.2) is 23.5 Å². The van der Waals surface area contributed by atoms with Gasteiger partial charge in [0, 0.05) is 30.6 Å². The molecule has 2 amide bonds. The van der Waals surface area contributed by atoms with Crippen LogP contribution >= 0.6 is 0 Å². The van der Waals surface area contributed by atoms with E-state index in [1.807, 2.05) is 59.3 Å². The van der Waals surface area contributed by atoms with Gasteiger partial charge in [0.05, 0.1) is 18.3 Å². The molecular formula is C20H21N3O3. The van der Waals surface area contributed by atoms with Crippen LogP contribution in [0.4, 0.5) is 5.69 Å². The third-order valence-corrected chi connectivity index (χ3v) is 4.11. The molecular weight excluding hydrogens is 330 g/mol. The van der Waals surface area contributed by atoms with Crippen molar-refractivity contribution in [2.45, 2.75) is 20.0 Å². The zero-order valence-electron chi connectivity index (χ0n) is 14.8. The first kappa shape index (κ1) is 17.5. The summed E-state index contributed by atoms with van der Waals surface area (Å²) in [6.45, 7) is 2.07. The van der Waals surface area contributed by atoms with Crippen LogP contribution in [0, 0.1) is 0 Å². The summed E-state index contributed by atoms with van der Waals surface area (Å²) in [7, 11) is 1.61. The summed E-state index contributed by atoms with van der Waals surface area (Å²) >= 11 is 0. The zero-order chi connectivity index (χ0) is 18.5. The van der Waals surface area contributed by atoms with Gasteiger partial charge in [-0.2, -0.15) is 0 Å². The van der Waals surface area contributed by atoms with Crippen LogP contribution in [0.3, 0.4) is 0 Å². The number of hydrogen-bond donors (Lipinski definition) is 2. The van der Waals surface area contributed by atoms with Crippen molar-refractivity contribution in [3.63, 3.8) is 0 Å². The quantitative estimate of drug-likeness (QED) is 0.717. The van der Waals surface area contributed by atoms with Gasteiger partial charge in [-0.1, -0.05) is 24.3 Å². The molecule has 0 aliphatic heterocycles. The molecule has 0 atom stereocenters. The molecule has 0 fully saturated rings. The maximum Gasteiger partial charge on any atom is 0.240 e. The summed E-state index contributed by atoms with van der Waals surface area (Å²) in [5.41, 5.74) is 2.56. The Bertz CT molecular complexity index is 946. The fourth-order valence-corrected chi connectivity index (χ4v) is 2.91. The van der Waals surface area contributed by atoms with E-state index < -0.39 is 0 Å². The predicted molar refractivity (Wildman–Crippen MR) is 101 cm³/mol. The lowest BCUT2D eigenvalue weighted by molar-refractivity contribution is -0.121. The van der Waals surface area contributed by atoms with Gasteiger partial charge in [0.2, 0.25) is 11.8 Å². The Labute approximate surface area is 151 Å². The third kappa shape index (κ3) is 3.85. The minimum Gasteiger partial charge on any atom is -0.496 e. The average molecular weight is 351 g/mol. The van der Waals surface area contributed by atoms with Crippen LogP contribution in [-0.2, 0) is 22.7 Å². The van der Waals surface area contributed by atoms with Gasteiger partial charge in [-0.3, -0.25) is 9.59 Å². The molecule has 0 aliphatic rings. The van der Waals surface area contributed by atoms with Crippen LogP contribution in [0.25, 0.3) is 10.9 Å². The monoisotopic (exact) mass is 351 g/mol. The van der Waals surface area contributed by atoms with Gasteiger partial charge in [0.25, 0.3) is 0 Å². The van der Waals surface area contributed by atoms with Gasteiger partial charge in [-0.15, -0.1) is 0 Å². The lowest BCUT2D eigenvalue weighted by atomic mass is 10.2. The lowest BCUT2D eigenvalue weighted by Crippen LogP contribution is -2.27. The SMILES string of the molecule is COc1ccccc1CNC(=O)Cn1ccc2c(NC(C)=O)cccc21. The number of anilines is 1. The largest absolute Gasteiger partial charge is 0.496 e. The van der Waals surface area contributed by atoms with Gasteiger partial charge >= 0.3 is 0 Å². The van der Waals surface area contributed by atoms with Gasteiger partial charge in [-0.25, -0.2) is 0 Å². The minimum absolute atomic E-state index is 0.0988. The molecule has 0 saturated heterocycles. The molecule has 3 rings (SSSR count). The molecule has 0 spiro atoms. The van der Waals surface area contributed by atoms with Crippen LogP contribution in [0.1, 0.15) is 12.5 Å². The van der Waals surface area contributed by atoms with E-state index in [1.165, 1.54) is 6.92 Å². The second kappa shape index (κ2) is 7.74. The molecule has 0 bridgehead atoms. The van der Waals surface area contributed by atoms with E-state index >= 15 is 0 Å². The van der Waals surface area contributed by atoms with E-state index in [0.717, 1.165) is 27.9 Å². The molecule has 2 N–H and O–H groups in total. The lowest BCUT2D eigenvalue weighted by Gasteiger charge is -2.11. The Morgan fingerprint density at radius 1 is 1.08 bits per heavy atom. The van der Waals surface area contributed by atoms with E-state index in [-0.39, 0.29) is 18.4 Å². The highest BCUT2D eigenvalue weighted by molar-refractivity contribution is 6.01. The van der Waals surface area contributed by atoms with Crippen molar-refractivity contribution in [3.05, 3.63) is 60.3 Å². The topological polar surface area (TPSA) is 72.4 Å². The van der Waals surface area contributed by atoms with Crippen LogP contribution in [0.15, 0.2) is 54.7 Å². The van der Waals surface area contributed by atoms with Gasteiger partial charge in [0.1, 0.15) is 12.3 Å². The standard InChI is InChI=1S/C20H21N3O3/c1-14(24)22-17-7-5-8-18-16(17)10-11-23(18)13-20(25)21-12-15-6-3-4-9-19(15)26-2/h3-11H,12-13H2,1-2H3,(H,21,25)(H,22,24). The van der Waals surface area contributed by atoms with Crippen LogP contribution in [0.2, 0.25) is 0 Å². The van der Waals surface area contributed by atoms with Crippen molar-refractivity contribution in [2.75, 3.05) is 12.4 Å². The Kier molecular flexibility index (Phi) is 5.22. The predicted octanol–water partition coefficient (Wildman–Crippen LogP) is 2.92. The number of nitrogens with one attached hydrogen (secondary N) is 2. The highest BCUT2D eigenvalue weighted by Gasteiger charge is 2.10. The number of carbonyl (C=O) groups excluding carboxylic acids is 2. The van der Waals surface area contributed by atoms with E-state index in [4.69, 9.17) is 4.74 Å². The van der Waals surface area contributed by atoms with Crippen molar-refractivity contribution in [2.24, 2.45) is 0 Å². The van der Waals surface area contributed by atoms with Crippen molar-refractivity contribution < 1.29 is 14.3 Å². The third-order valence-electron chi connectivity index (χ3n) is 4.11. The van der Waals surface area contributed by atoms with E-state index in [9.17, 15) is 9.59 Å². The first-order valence-electron chi connectivity index (χ1n) is 8.32. The molecule has 2 aromatic carbocycles. The normalized spacial score (nSPS) is 10.5. The number of carbonyl (C=O) groups is 2. The van der Waals surface area contributed by atoms with Crippen molar-refractivity contribution >= 4 is 28.4 Å². The van der Waals surface area contributed by atoms with Crippen molar-refractivity contribution in [1.29, 1.82) is 0 Å². The summed E-state index contributed by atoms with van der Waals surface area (Å²) in [6.07, 6.45) is 1.85. The van der Waals surface area contributed by atoms with Crippen LogP contribution < -0.4 is 15.4 Å². The fourth-order valence-electron chi connectivity index (χ4n) is 2.91. The highest BCUT2D eigenvalue weighted by Crippen LogP contribution is 2.24. The number of nitrogens with zero attached hydrogens (tertiary/aromatic N) is 1. The molecule has 134 valence electrons. The maximum absolute atomic E-state index is 12.3. The maximum atomic E-state index is 12.3. The number of methoxy groups -OCH3 is 1. The Morgan fingerprint density at radius 3 is 2.65 bits per heavy atom. The average Bonchev–Trinajstić information content (AvgIpc) is 3.04. The van der Waals surface area contributed by atoms with Crippen molar-refractivity contribution in [3.8, 4) is 5.75 Å². The Morgan fingerprint density at radius 2 is 1.88 bits per heavy atom. The van der Waals surface area contributed by atoms with Gasteiger partial charge in [-0.05, 0) is 24.3 Å². The smallest absolute Gasteiger partial charge is 0.240 e. The molecule has 26 heavy (non-hydrogen) atoms. The zero-order valence-corrected chi connectivity index (χ0v) is 14.8. The number of amides is 2. The molecule has 0 radical (unpaired) electrons. The number of aromatic nitrogens is 1. The number of benzene rings is 2. The van der Waals surface area contributed by atoms with Crippen LogP contribution in [0.5, 0.6) is 5.75 Å². The summed E-state index contributed by atoms with van der Waals surface area (Å²) in [4.78, 5) is 23.7. The number of para-hydroxylation sites is 1. The second-order valence-corrected chi connectivity index (χ2v) is 5.95. The first-order valence-corrected chi connectivity index (χ1v) is 8.32. The summed E-state index contributed by atoms with van der Waals surface area (Å²) in [5, 5.41) is 6.62. The first-order chi connectivity index (χ1) is 12.6. The van der Waals surface area contributed by atoms with Gasteiger partial charge < -0.3 is 19.9 Å². The Hall–Kier alpha value is -3.28. The van der Waals surface area contributed by atoms with E-state index in [0.29, 0.717) is 6.54 Å². The second-order valence-electron chi connectivity index (χ2n) is 5.95. The minimum atomic E-state index is -0.125. The summed E-state index contributed by atoms with van der Waals surface area (Å²) < 4.78 is 7.15. The van der Waals surface area contributed by atoms with Crippen molar-refractivity contribution in [1.82, 2.24) is 9.88 Å². The molecule has 1 heterocycles. The molecule has 3 aromatic rings. The molecule has 0 unspecified atom stereocenters. The molecule has 1 aromatic heterocycles. The van der Waals surface area contributed by atoms with Gasteiger partial charge in [0.15, 0.2) is 0 Å². The summed E-state index contributed by atoms with van der Waals surface area (Å²) in [5.74, 6) is 0.525. The number of fused-ring (bicyclic) bond motifs is 1. The molecule has 0 aliphatic carbocycles. The Balaban J connectivity index is 1.71. The number of hydrogen-bond acceptors (Lipinski definition) is 3. The van der Waals surface area contributed by atoms with E-state index in [2.05, 4.69) is 10.6 Å².